The van der Waals surface area contributed by atoms with E-state index in [1.54, 1.807) is 6.07 Å². The highest BCUT2D eigenvalue weighted by atomic mass is 16.5. The molecular weight excluding hydrogens is 502 g/mol. The first-order chi connectivity index (χ1) is 19.5. The molecular formula is C33H31N3O4. The van der Waals surface area contributed by atoms with Crippen LogP contribution in [0.2, 0.25) is 0 Å². The maximum absolute atomic E-state index is 12.5. The molecule has 5 heterocycles. The van der Waals surface area contributed by atoms with Gasteiger partial charge in [0.25, 0.3) is 0 Å². The van der Waals surface area contributed by atoms with Crippen LogP contribution in [0.1, 0.15) is 79.8 Å². The van der Waals surface area contributed by atoms with E-state index in [1.165, 1.54) is 45.4 Å². The summed E-state index contributed by atoms with van der Waals surface area (Å²) in [6.45, 7) is 4.20. The SMILES string of the molecule is NC(=O)c1ccc(C(=O)[O-])c(C2=c3cc4c5c(c3Oc3c2cc2c6c3CCCN6CCC2)CCC[N+]=5CCC4)c1. The number of aryl methyl sites for hydroxylation is 2. The number of aromatic carboxylic acids is 1. The molecule has 0 saturated heterocycles. The number of rotatable bonds is 3. The molecule has 40 heavy (non-hydrogen) atoms. The lowest BCUT2D eigenvalue weighted by Gasteiger charge is -2.39. The van der Waals surface area contributed by atoms with Crippen molar-refractivity contribution in [1.29, 1.82) is 0 Å². The van der Waals surface area contributed by atoms with Gasteiger partial charge in [-0.3, -0.25) is 4.79 Å². The van der Waals surface area contributed by atoms with Gasteiger partial charge in [0, 0.05) is 70.2 Å². The smallest absolute Gasteiger partial charge is 0.248 e. The monoisotopic (exact) mass is 533 g/mol. The number of fused-ring (bicyclic) bond motifs is 4. The second-order valence-corrected chi connectivity index (χ2v) is 11.8. The molecule has 0 aromatic heterocycles. The van der Waals surface area contributed by atoms with Crippen molar-refractivity contribution < 1.29 is 19.4 Å². The highest BCUT2D eigenvalue weighted by Crippen LogP contribution is 2.48. The molecule has 0 bridgehead atoms. The van der Waals surface area contributed by atoms with E-state index >= 15 is 0 Å². The fourth-order valence-electron chi connectivity index (χ4n) is 7.89. The third-order valence-corrected chi connectivity index (χ3v) is 9.48. The van der Waals surface area contributed by atoms with Gasteiger partial charge in [0.05, 0.1) is 11.5 Å². The number of carbonyl (C=O) groups excluding carboxylic acids is 2. The van der Waals surface area contributed by atoms with Crippen molar-refractivity contribution in [3.8, 4) is 11.5 Å². The van der Waals surface area contributed by atoms with Gasteiger partial charge in [0.15, 0.2) is 0 Å². The van der Waals surface area contributed by atoms with Gasteiger partial charge in [0.1, 0.15) is 24.6 Å². The molecule has 5 aliphatic rings. The molecule has 0 fully saturated rings. The minimum atomic E-state index is -1.27. The van der Waals surface area contributed by atoms with Crippen LogP contribution in [-0.4, -0.2) is 38.1 Å². The molecule has 7 heteroatoms. The number of hydrogen-bond donors (Lipinski definition) is 1. The van der Waals surface area contributed by atoms with E-state index < -0.39 is 11.9 Å². The first-order valence-electron chi connectivity index (χ1n) is 14.6. The zero-order valence-electron chi connectivity index (χ0n) is 22.5. The van der Waals surface area contributed by atoms with Gasteiger partial charge in [-0.1, -0.05) is 6.07 Å². The minimum Gasteiger partial charge on any atom is -0.545 e. The number of nitrogens with zero attached hydrogens (tertiary/aromatic N) is 2. The van der Waals surface area contributed by atoms with Crippen molar-refractivity contribution in [2.75, 3.05) is 31.1 Å². The molecule has 0 saturated carbocycles. The van der Waals surface area contributed by atoms with Crippen molar-refractivity contribution in [3.63, 3.8) is 0 Å². The number of amides is 1. The molecule has 0 atom stereocenters. The maximum Gasteiger partial charge on any atom is 0.248 e. The molecule has 3 aromatic rings. The standard InChI is InChI=1S/C33H31N3O4/c34-32(37)20-9-10-21(33(38)39)24(17-20)27-25-15-18-5-1-11-35-13-3-7-22(28(18)35)30(25)40-31-23-8-4-14-36-12-2-6-19(29(23)36)16-26(27)31/h9-10,15-17H,1-8,11-14H2,(H2-,34,37,38,39). The van der Waals surface area contributed by atoms with Crippen LogP contribution in [0.4, 0.5) is 5.69 Å². The third-order valence-electron chi connectivity index (χ3n) is 9.48. The average Bonchev–Trinajstić information content (AvgIpc) is 2.96. The number of primary amides is 1. The molecule has 3 aromatic carbocycles. The fraction of sp³-hybridized carbons (Fsp3) is 0.364. The van der Waals surface area contributed by atoms with Gasteiger partial charge in [-0.25, -0.2) is 4.58 Å². The van der Waals surface area contributed by atoms with Crippen molar-refractivity contribution in [2.45, 2.75) is 51.4 Å². The molecule has 0 unspecified atom stereocenters. The average molecular weight is 534 g/mol. The summed E-state index contributed by atoms with van der Waals surface area (Å²) < 4.78 is 9.51. The predicted molar refractivity (Wildman–Crippen MR) is 150 cm³/mol. The number of carboxylic acid groups (broad SMARTS) is 1. The summed E-state index contributed by atoms with van der Waals surface area (Å²) in [5.74, 6) is -0.188. The van der Waals surface area contributed by atoms with E-state index in [9.17, 15) is 14.7 Å². The molecule has 202 valence electrons. The molecule has 5 aliphatic heterocycles. The second-order valence-electron chi connectivity index (χ2n) is 11.8. The Hall–Kier alpha value is -4.13. The number of anilines is 1. The lowest BCUT2D eigenvalue weighted by molar-refractivity contribution is -0.255. The number of benzene rings is 3. The van der Waals surface area contributed by atoms with Gasteiger partial charge in [0.2, 0.25) is 11.3 Å². The molecule has 0 aliphatic carbocycles. The predicted octanol–water partition coefficient (Wildman–Crippen LogP) is 1.58. The molecule has 8 rings (SSSR count). The van der Waals surface area contributed by atoms with Crippen LogP contribution < -0.4 is 35.6 Å². The molecule has 2 N–H and O–H groups in total. The Balaban J connectivity index is 1.55. The number of hydrogen-bond acceptors (Lipinski definition) is 5. The summed E-state index contributed by atoms with van der Waals surface area (Å²) in [5, 5.41) is 14.7. The van der Waals surface area contributed by atoms with Gasteiger partial charge in [-0.2, -0.15) is 0 Å². The number of carbonyl (C=O) groups is 2. The summed E-state index contributed by atoms with van der Waals surface area (Å²) in [4.78, 5) is 27.3. The minimum absolute atomic E-state index is 0.0554. The quantitative estimate of drug-likeness (QED) is 0.404. The van der Waals surface area contributed by atoms with Crippen LogP contribution in [0.25, 0.3) is 5.57 Å². The largest absolute Gasteiger partial charge is 0.545 e. The Morgan fingerprint density at radius 1 is 0.850 bits per heavy atom. The van der Waals surface area contributed by atoms with Gasteiger partial charge in [-0.15, -0.1) is 0 Å². The number of nitrogens with two attached hydrogens (primary N) is 1. The molecule has 0 radical (unpaired) electrons. The lowest BCUT2D eigenvalue weighted by Crippen LogP contribution is -2.45. The van der Waals surface area contributed by atoms with E-state index in [2.05, 4.69) is 21.6 Å². The van der Waals surface area contributed by atoms with E-state index in [-0.39, 0.29) is 11.1 Å². The lowest BCUT2D eigenvalue weighted by atomic mass is 9.81. The highest BCUT2D eigenvalue weighted by molar-refractivity contribution is 6.01. The zero-order valence-corrected chi connectivity index (χ0v) is 22.5. The first kappa shape index (κ1) is 23.7. The van der Waals surface area contributed by atoms with Crippen molar-refractivity contribution in [1.82, 2.24) is 4.58 Å². The topological polar surface area (TPSA) is 98.7 Å². The first-order valence-corrected chi connectivity index (χ1v) is 14.6. The van der Waals surface area contributed by atoms with Crippen LogP contribution in [0, 0.1) is 0 Å². The van der Waals surface area contributed by atoms with E-state index in [0.29, 0.717) is 5.56 Å². The summed E-state index contributed by atoms with van der Waals surface area (Å²) in [6.07, 6.45) is 8.09. The Morgan fingerprint density at radius 2 is 1.60 bits per heavy atom. The van der Waals surface area contributed by atoms with Crippen molar-refractivity contribution in [3.05, 3.63) is 85.4 Å². The Labute approximate surface area is 232 Å². The Morgan fingerprint density at radius 3 is 2.40 bits per heavy atom. The van der Waals surface area contributed by atoms with Gasteiger partial charge in [-0.05, 0) is 73.9 Å². The summed E-state index contributed by atoms with van der Waals surface area (Å²) in [5.41, 5.74) is 14.5. The van der Waals surface area contributed by atoms with E-state index in [4.69, 9.17) is 10.5 Å². The maximum atomic E-state index is 12.5. The van der Waals surface area contributed by atoms with E-state index in [1.807, 2.05) is 0 Å². The van der Waals surface area contributed by atoms with Crippen LogP contribution in [0.3, 0.4) is 0 Å². The fourth-order valence-corrected chi connectivity index (χ4v) is 7.89. The molecule has 0 spiro atoms. The number of carboxylic acids is 1. The highest BCUT2D eigenvalue weighted by Gasteiger charge is 2.36. The van der Waals surface area contributed by atoms with Crippen LogP contribution >= 0.6 is 0 Å². The van der Waals surface area contributed by atoms with Crippen LogP contribution in [0.5, 0.6) is 11.5 Å². The summed E-state index contributed by atoms with van der Waals surface area (Å²) in [7, 11) is 0. The normalized spacial score (nSPS) is 18.2. The van der Waals surface area contributed by atoms with Gasteiger partial charge < -0.3 is 25.3 Å². The van der Waals surface area contributed by atoms with Crippen LogP contribution in [-0.2, 0) is 25.7 Å². The zero-order chi connectivity index (χ0) is 27.1. The summed E-state index contributed by atoms with van der Waals surface area (Å²) >= 11 is 0. The van der Waals surface area contributed by atoms with Crippen molar-refractivity contribution in [2.24, 2.45) is 5.73 Å². The third kappa shape index (κ3) is 3.33. The van der Waals surface area contributed by atoms with Crippen molar-refractivity contribution >= 4 is 23.1 Å². The summed E-state index contributed by atoms with van der Waals surface area (Å²) in [6, 6.07) is 9.01. The Bertz CT molecular complexity index is 1800. The van der Waals surface area contributed by atoms with Gasteiger partial charge >= 0.3 is 0 Å². The molecule has 7 nitrogen and oxygen atoms in total. The van der Waals surface area contributed by atoms with E-state index in [0.717, 1.165) is 105 Å². The Kier molecular flexibility index (Phi) is 5.15. The second kappa shape index (κ2) is 8.68. The van der Waals surface area contributed by atoms with Crippen LogP contribution in [0.15, 0.2) is 30.3 Å². The number of ether oxygens (including phenoxy) is 1. The molecule has 1 amide bonds.